The van der Waals surface area contributed by atoms with Gasteiger partial charge in [0.15, 0.2) is 4.84 Å². The van der Waals surface area contributed by atoms with Crippen molar-refractivity contribution >= 4 is 51.9 Å². The van der Waals surface area contributed by atoms with Crippen molar-refractivity contribution in [2.45, 2.75) is 13.3 Å². The average molecular weight is 439 g/mol. The smallest absolute Gasteiger partial charge is 0.447 e. The SMILES string of the molecule is Cc1ccc2c3c(ccc2c1)N(c1ccnc(-c2noc(=S)[n-]2)c1)C(=O)CC(=O)N3.[Na+]. The molecule has 0 fully saturated rings. The average Bonchev–Trinajstić information content (AvgIpc) is 3.10. The normalized spacial score (nSPS) is 13.4. The standard InChI is InChI=1S/C21H15N5O3S.Na/c1-11-2-4-14-12(8-11)3-5-16-19(14)23-17(27)10-18(28)26(16)13-6-7-22-15(9-13)20-24-21(30)29-25-20;/h2-9H,10H2,1H3,(H2,23,24,25,27,30);/q;+1/p-1. The van der Waals surface area contributed by atoms with E-state index in [-0.39, 0.29) is 58.5 Å². The van der Waals surface area contributed by atoms with Crippen LogP contribution < -0.4 is 44.8 Å². The van der Waals surface area contributed by atoms with E-state index in [2.05, 4.69) is 20.4 Å². The largest absolute Gasteiger partial charge is 1.00 e. The first-order chi connectivity index (χ1) is 14.5. The third-order valence-electron chi connectivity index (χ3n) is 4.86. The summed E-state index contributed by atoms with van der Waals surface area (Å²) in [7, 11) is 0. The molecular formula is C21H14N5NaO3S. The second-order valence-electron chi connectivity index (χ2n) is 6.92. The van der Waals surface area contributed by atoms with Crippen molar-refractivity contribution in [1.82, 2.24) is 15.1 Å². The second kappa shape index (κ2) is 8.35. The van der Waals surface area contributed by atoms with Gasteiger partial charge in [0.1, 0.15) is 6.42 Å². The van der Waals surface area contributed by atoms with Gasteiger partial charge in [-0.25, -0.2) is 0 Å². The first-order valence-electron chi connectivity index (χ1n) is 9.13. The number of fused-ring (bicyclic) bond motifs is 3. The van der Waals surface area contributed by atoms with E-state index in [0.29, 0.717) is 22.8 Å². The zero-order valence-corrected chi connectivity index (χ0v) is 19.6. The van der Waals surface area contributed by atoms with Crippen LogP contribution in [-0.4, -0.2) is 22.0 Å². The van der Waals surface area contributed by atoms with Crippen LogP contribution in [0.15, 0.2) is 53.2 Å². The molecule has 2 amide bonds. The maximum atomic E-state index is 13.0. The fourth-order valence-electron chi connectivity index (χ4n) is 3.57. The van der Waals surface area contributed by atoms with Crippen LogP contribution in [0.2, 0.25) is 0 Å². The predicted molar refractivity (Wildman–Crippen MR) is 113 cm³/mol. The molecule has 0 bridgehead atoms. The van der Waals surface area contributed by atoms with Gasteiger partial charge in [-0.2, -0.15) is 0 Å². The van der Waals surface area contributed by atoms with E-state index < -0.39 is 0 Å². The molecule has 3 heterocycles. The molecule has 2 aromatic carbocycles. The number of pyridine rings is 1. The molecular weight excluding hydrogens is 425 g/mol. The van der Waals surface area contributed by atoms with Crippen molar-refractivity contribution in [2.75, 3.05) is 10.2 Å². The van der Waals surface area contributed by atoms with Gasteiger partial charge in [-0.15, -0.1) is 0 Å². The Balaban J connectivity index is 0.00000231. The Morgan fingerprint density at radius 2 is 2.00 bits per heavy atom. The second-order valence-corrected chi connectivity index (χ2v) is 7.27. The van der Waals surface area contributed by atoms with Gasteiger partial charge >= 0.3 is 29.6 Å². The van der Waals surface area contributed by atoms with Crippen LogP contribution in [0.5, 0.6) is 0 Å². The van der Waals surface area contributed by atoms with Gasteiger partial charge < -0.3 is 14.8 Å². The number of amides is 2. The fourth-order valence-corrected chi connectivity index (χ4v) is 3.69. The number of nitrogens with one attached hydrogen (secondary N) is 1. The van der Waals surface area contributed by atoms with Gasteiger partial charge in [0.25, 0.3) is 0 Å². The molecule has 0 atom stereocenters. The minimum Gasteiger partial charge on any atom is -0.447 e. The molecule has 0 saturated heterocycles. The molecule has 2 aromatic heterocycles. The molecule has 4 aromatic rings. The van der Waals surface area contributed by atoms with E-state index in [1.54, 1.807) is 18.3 Å². The van der Waals surface area contributed by atoms with Crippen molar-refractivity contribution < 1.29 is 43.7 Å². The summed E-state index contributed by atoms with van der Waals surface area (Å²) in [5.41, 5.74) is 3.22. The van der Waals surface area contributed by atoms with Gasteiger partial charge in [-0.3, -0.25) is 24.6 Å². The first kappa shape index (κ1) is 21.4. The summed E-state index contributed by atoms with van der Waals surface area (Å²) in [6.45, 7) is 2.00. The van der Waals surface area contributed by atoms with Gasteiger partial charge in [-0.05, 0) is 42.7 Å². The fraction of sp³-hybridized carbons (Fsp3) is 0.0952. The number of anilines is 3. The third kappa shape index (κ3) is 3.92. The van der Waals surface area contributed by atoms with Crippen LogP contribution in [0.1, 0.15) is 12.0 Å². The molecule has 10 heteroatoms. The van der Waals surface area contributed by atoms with Gasteiger partial charge in [-0.1, -0.05) is 29.8 Å². The van der Waals surface area contributed by atoms with Crippen LogP contribution in [-0.2, 0) is 9.59 Å². The molecule has 1 aliphatic rings. The van der Waals surface area contributed by atoms with Crippen LogP contribution >= 0.6 is 12.2 Å². The molecule has 1 aliphatic heterocycles. The van der Waals surface area contributed by atoms with Crippen molar-refractivity contribution in [1.29, 1.82) is 0 Å². The number of aromatic nitrogens is 3. The molecule has 8 nitrogen and oxygen atoms in total. The minimum atomic E-state index is -0.361. The van der Waals surface area contributed by atoms with E-state index in [1.165, 1.54) is 4.90 Å². The van der Waals surface area contributed by atoms with E-state index >= 15 is 0 Å². The summed E-state index contributed by atoms with van der Waals surface area (Å²) in [6.07, 6.45) is 1.26. The minimum absolute atomic E-state index is 0. The Labute approximate surface area is 203 Å². The van der Waals surface area contributed by atoms with E-state index in [4.69, 9.17) is 16.7 Å². The van der Waals surface area contributed by atoms with E-state index in [1.807, 2.05) is 37.3 Å². The molecule has 0 radical (unpaired) electrons. The number of rotatable bonds is 2. The van der Waals surface area contributed by atoms with Crippen molar-refractivity contribution in [3.05, 3.63) is 59.1 Å². The predicted octanol–water partition coefficient (Wildman–Crippen LogP) is 0.896. The molecule has 0 saturated carbocycles. The number of carbonyl (C=O) groups is 2. The Hall–Kier alpha value is -2.85. The van der Waals surface area contributed by atoms with Crippen molar-refractivity contribution in [3.8, 4) is 11.5 Å². The Morgan fingerprint density at radius 3 is 2.77 bits per heavy atom. The number of carbonyl (C=O) groups excluding carboxylic acids is 2. The van der Waals surface area contributed by atoms with Crippen LogP contribution in [0, 0.1) is 11.8 Å². The van der Waals surface area contributed by atoms with Gasteiger partial charge in [0.05, 0.1) is 22.8 Å². The first-order valence-corrected chi connectivity index (χ1v) is 9.54. The number of benzene rings is 2. The number of hydrogen-bond donors (Lipinski definition) is 1. The Morgan fingerprint density at radius 1 is 1.16 bits per heavy atom. The summed E-state index contributed by atoms with van der Waals surface area (Å²) >= 11 is 4.87. The summed E-state index contributed by atoms with van der Waals surface area (Å²) < 4.78 is 4.85. The number of hydrogen-bond acceptors (Lipinski definition) is 6. The summed E-state index contributed by atoms with van der Waals surface area (Å²) in [6, 6.07) is 13.1. The molecule has 148 valence electrons. The maximum Gasteiger partial charge on any atom is 1.00 e. The summed E-state index contributed by atoms with van der Waals surface area (Å²) in [4.78, 5) is 35.2. The molecule has 1 N–H and O–H groups in total. The quantitative estimate of drug-likeness (QED) is 0.281. The molecule has 31 heavy (non-hydrogen) atoms. The molecule has 0 aliphatic carbocycles. The van der Waals surface area contributed by atoms with Crippen molar-refractivity contribution in [3.63, 3.8) is 0 Å². The zero-order valence-electron chi connectivity index (χ0n) is 16.7. The van der Waals surface area contributed by atoms with E-state index in [0.717, 1.165) is 16.3 Å². The number of nitrogens with zero attached hydrogens (tertiary/aromatic N) is 4. The monoisotopic (exact) mass is 439 g/mol. The molecule has 0 unspecified atom stereocenters. The van der Waals surface area contributed by atoms with Crippen LogP contribution in [0.25, 0.3) is 22.3 Å². The van der Waals surface area contributed by atoms with Crippen LogP contribution in [0.4, 0.5) is 17.1 Å². The van der Waals surface area contributed by atoms with Gasteiger partial charge in [0.2, 0.25) is 11.8 Å². The molecule has 0 spiro atoms. The topological polar surface area (TPSA) is 102 Å². The van der Waals surface area contributed by atoms with Gasteiger partial charge in [0, 0.05) is 17.4 Å². The maximum absolute atomic E-state index is 13.0. The van der Waals surface area contributed by atoms with E-state index in [9.17, 15) is 9.59 Å². The Bertz CT molecular complexity index is 1400. The Kier molecular flexibility index (Phi) is 5.76. The summed E-state index contributed by atoms with van der Waals surface area (Å²) in [5.74, 6) is -0.487. The van der Waals surface area contributed by atoms with Crippen LogP contribution in [0.3, 0.4) is 0 Å². The summed E-state index contributed by atoms with van der Waals surface area (Å²) in [5, 5.41) is 8.52. The third-order valence-corrected chi connectivity index (χ3v) is 5.02. The zero-order chi connectivity index (χ0) is 20.8. The number of aryl methyl sites for hydroxylation is 1. The molecule has 5 rings (SSSR count). The van der Waals surface area contributed by atoms with Crippen molar-refractivity contribution in [2.24, 2.45) is 0 Å².